The third-order valence-corrected chi connectivity index (χ3v) is 4.82. The first-order valence-corrected chi connectivity index (χ1v) is 8.81. The highest BCUT2D eigenvalue weighted by Gasteiger charge is 2.22. The third kappa shape index (κ3) is 4.83. The Hall–Kier alpha value is -2.85. The lowest BCUT2D eigenvalue weighted by atomic mass is 10.2. The van der Waals surface area contributed by atoms with Crippen LogP contribution in [0.3, 0.4) is 0 Å². The van der Waals surface area contributed by atoms with Gasteiger partial charge < -0.3 is 0 Å². The van der Waals surface area contributed by atoms with Crippen molar-refractivity contribution in [3.05, 3.63) is 65.7 Å². The highest BCUT2D eigenvalue weighted by molar-refractivity contribution is 7.89. The number of sulfonamides is 1. The summed E-state index contributed by atoms with van der Waals surface area (Å²) in [6.45, 7) is 1.24. The van der Waals surface area contributed by atoms with Crippen molar-refractivity contribution in [1.82, 2.24) is 15.6 Å². The summed E-state index contributed by atoms with van der Waals surface area (Å²) in [6, 6.07) is 7.90. The van der Waals surface area contributed by atoms with Gasteiger partial charge in [-0.2, -0.15) is 4.72 Å². The summed E-state index contributed by atoms with van der Waals surface area (Å²) in [5.41, 5.74) is 3.70. The molecule has 2 amide bonds. The minimum Gasteiger partial charge on any atom is -0.271 e. The number of nitrogens with one attached hydrogen (secondary N) is 3. The van der Waals surface area contributed by atoms with Gasteiger partial charge in [0.15, 0.2) is 0 Å². The molecule has 10 heteroatoms. The van der Waals surface area contributed by atoms with Crippen LogP contribution in [0, 0.1) is 11.6 Å². The topological polar surface area (TPSA) is 104 Å². The van der Waals surface area contributed by atoms with Gasteiger partial charge in [-0.05, 0) is 43.3 Å². The summed E-state index contributed by atoms with van der Waals surface area (Å²) in [5, 5.41) is 0. The summed E-state index contributed by atoms with van der Waals surface area (Å²) in [4.78, 5) is 23.5. The van der Waals surface area contributed by atoms with Crippen molar-refractivity contribution < 1.29 is 26.8 Å². The lowest BCUT2D eigenvalue weighted by Gasteiger charge is -2.15. The standard InChI is InChI=1S/C16H15F2N3O4S/c1-10(21-26(24,25)12-8-6-11(17)7-9-12)15(22)19-20-16(23)13-4-2-3-5-14(13)18/h2-10,21H,1H3,(H,19,22)(H,20,23)/t10-/m0/s1. The van der Waals surface area contributed by atoms with Gasteiger partial charge in [0.05, 0.1) is 16.5 Å². The fraction of sp³-hybridized carbons (Fsp3) is 0.125. The second-order valence-electron chi connectivity index (χ2n) is 5.22. The third-order valence-electron chi connectivity index (χ3n) is 3.27. The van der Waals surface area contributed by atoms with Gasteiger partial charge in [0.2, 0.25) is 10.0 Å². The highest BCUT2D eigenvalue weighted by Crippen LogP contribution is 2.10. The Morgan fingerprint density at radius 3 is 2.19 bits per heavy atom. The maximum absolute atomic E-state index is 13.5. The maximum atomic E-state index is 13.5. The zero-order chi connectivity index (χ0) is 19.3. The fourth-order valence-corrected chi connectivity index (χ4v) is 3.11. The van der Waals surface area contributed by atoms with E-state index in [-0.39, 0.29) is 10.5 Å². The average molecular weight is 383 g/mol. The van der Waals surface area contributed by atoms with Crippen molar-refractivity contribution >= 4 is 21.8 Å². The van der Waals surface area contributed by atoms with Crippen molar-refractivity contribution in [2.75, 3.05) is 0 Å². The first-order chi connectivity index (χ1) is 12.2. The predicted octanol–water partition coefficient (Wildman–Crippen LogP) is 1.09. The van der Waals surface area contributed by atoms with Gasteiger partial charge in [0.25, 0.3) is 11.8 Å². The van der Waals surface area contributed by atoms with E-state index in [4.69, 9.17) is 0 Å². The van der Waals surface area contributed by atoms with Crippen molar-refractivity contribution in [3.8, 4) is 0 Å². The fourth-order valence-electron chi connectivity index (χ4n) is 1.91. The number of hydrogen-bond donors (Lipinski definition) is 3. The van der Waals surface area contributed by atoms with Crippen LogP contribution in [0.1, 0.15) is 17.3 Å². The lowest BCUT2D eigenvalue weighted by molar-refractivity contribution is -0.123. The number of carbonyl (C=O) groups is 2. The molecule has 0 saturated heterocycles. The molecule has 2 rings (SSSR count). The Morgan fingerprint density at radius 2 is 1.58 bits per heavy atom. The summed E-state index contributed by atoms with van der Waals surface area (Å²) >= 11 is 0. The van der Waals surface area contributed by atoms with Crippen LogP contribution in [-0.2, 0) is 14.8 Å². The summed E-state index contributed by atoms with van der Waals surface area (Å²) in [7, 11) is -4.07. The molecule has 2 aromatic carbocycles. The van der Waals surface area contributed by atoms with E-state index in [2.05, 4.69) is 4.72 Å². The van der Waals surface area contributed by atoms with Crippen LogP contribution in [0.15, 0.2) is 53.4 Å². The van der Waals surface area contributed by atoms with E-state index >= 15 is 0 Å². The molecule has 0 aromatic heterocycles. The van der Waals surface area contributed by atoms with Crippen molar-refractivity contribution in [1.29, 1.82) is 0 Å². The Balaban J connectivity index is 1.96. The van der Waals surface area contributed by atoms with E-state index in [1.807, 2.05) is 10.9 Å². The van der Waals surface area contributed by atoms with Gasteiger partial charge >= 0.3 is 0 Å². The molecule has 2 aromatic rings. The average Bonchev–Trinajstić information content (AvgIpc) is 2.59. The van der Waals surface area contributed by atoms with Gasteiger partial charge in [-0.15, -0.1) is 0 Å². The molecule has 0 bridgehead atoms. The van der Waals surface area contributed by atoms with E-state index in [0.717, 1.165) is 30.3 Å². The number of rotatable bonds is 5. The first-order valence-electron chi connectivity index (χ1n) is 7.33. The van der Waals surface area contributed by atoms with Crippen LogP contribution in [-0.4, -0.2) is 26.3 Å². The largest absolute Gasteiger partial charge is 0.272 e. The van der Waals surface area contributed by atoms with Gasteiger partial charge in [0, 0.05) is 0 Å². The Kier molecular flexibility index (Phi) is 6.01. The van der Waals surface area contributed by atoms with E-state index < -0.39 is 39.5 Å². The molecule has 0 radical (unpaired) electrons. The van der Waals surface area contributed by atoms with E-state index in [1.165, 1.54) is 25.1 Å². The molecule has 3 N–H and O–H groups in total. The molecule has 26 heavy (non-hydrogen) atoms. The summed E-state index contributed by atoms with van der Waals surface area (Å²) in [6.07, 6.45) is 0. The van der Waals surface area contributed by atoms with Crippen molar-refractivity contribution in [2.45, 2.75) is 17.9 Å². The van der Waals surface area contributed by atoms with Crippen LogP contribution in [0.5, 0.6) is 0 Å². The minimum absolute atomic E-state index is 0.228. The molecule has 7 nitrogen and oxygen atoms in total. The molecule has 0 fully saturated rings. The molecule has 1 atom stereocenters. The zero-order valence-electron chi connectivity index (χ0n) is 13.5. The molecule has 0 aliphatic rings. The van der Waals surface area contributed by atoms with E-state index in [1.54, 1.807) is 0 Å². The second kappa shape index (κ2) is 8.02. The zero-order valence-corrected chi connectivity index (χ0v) is 14.3. The summed E-state index contributed by atoms with van der Waals surface area (Å²) in [5.74, 6) is -3.15. The van der Waals surface area contributed by atoms with Crippen LogP contribution in [0.25, 0.3) is 0 Å². The molecule has 0 aliphatic heterocycles. The van der Waals surface area contributed by atoms with Crippen molar-refractivity contribution in [3.63, 3.8) is 0 Å². The monoisotopic (exact) mass is 383 g/mol. The quantitative estimate of drug-likeness (QED) is 0.673. The Labute approximate surface area is 148 Å². The summed E-state index contributed by atoms with van der Waals surface area (Å²) < 4.78 is 52.6. The Morgan fingerprint density at radius 1 is 0.962 bits per heavy atom. The molecule has 0 unspecified atom stereocenters. The highest BCUT2D eigenvalue weighted by atomic mass is 32.2. The number of amides is 2. The van der Waals surface area contributed by atoms with E-state index in [0.29, 0.717) is 0 Å². The lowest BCUT2D eigenvalue weighted by Crippen LogP contribution is -2.51. The molecule has 138 valence electrons. The predicted molar refractivity (Wildman–Crippen MR) is 88.2 cm³/mol. The number of halogens is 2. The Bertz CT molecular complexity index is 917. The second-order valence-corrected chi connectivity index (χ2v) is 6.93. The minimum atomic E-state index is -4.07. The number of hydrazine groups is 1. The van der Waals surface area contributed by atoms with Gasteiger partial charge in [-0.1, -0.05) is 12.1 Å². The van der Waals surface area contributed by atoms with Crippen LogP contribution in [0.4, 0.5) is 8.78 Å². The van der Waals surface area contributed by atoms with Crippen LogP contribution < -0.4 is 15.6 Å². The number of carbonyl (C=O) groups excluding carboxylic acids is 2. The van der Waals surface area contributed by atoms with Crippen LogP contribution in [0.2, 0.25) is 0 Å². The van der Waals surface area contributed by atoms with Crippen LogP contribution >= 0.6 is 0 Å². The first kappa shape index (κ1) is 19.5. The molecule has 0 saturated carbocycles. The SMILES string of the molecule is C[C@H](NS(=O)(=O)c1ccc(F)cc1)C(=O)NNC(=O)c1ccccc1F. The molecular formula is C16H15F2N3O4S. The van der Waals surface area contributed by atoms with E-state index in [9.17, 15) is 26.8 Å². The smallest absolute Gasteiger partial charge is 0.271 e. The van der Waals surface area contributed by atoms with Gasteiger partial charge in [0.1, 0.15) is 11.6 Å². The van der Waals surface area contributed by atoms with Crippen molar-refractivity contribution in [2.24, 2.45) is 0 Å². The molecule has 0 heterocycles. The molecule has 0 spiro atoms. The number of benzene rings is 2. The molecule has 0 aliphatic carbocycles. The molecular weight excluding hydrogens is 368 g/mol. The van der Waals surface area contributed by atoms with Gasteiger partial charge in [-0.25, -0.2) is 17.2 Å². The number of hydrogen-bond acceptors (Lipinski definition) is 4. The normalized spacial score (nSPS) is 12.3. The van der Waals surface area contributed by atoms with Gasteiger partial charge in [-0.3, -0.25) is 20.4 Å². The maximum Gasteiger partial charge on any atom is 0.272 e.